The highest BCUT2D eigenvalue weighted by molar-refractivity contribution is 5.34. The van der Waals surface area contributed by atoms with Gasteiger partial charge >= 0.3 is 0 Å². The third kappa shape index (κ3) is 2.75. The Morgan fingerprint density at radius 3 is 2.67 bits per heavy atom. The van der Waals surface area contributed by atoms with E-state index in [1.165, 1.54) is 24.2 Å². The molecule has 1 saturated carbocycles. The minimum Gasteiger partial charge on any atom is -0.335 e. The van der Waals surface area contributed by atoms with Gasteiger partial charge < -0.3 is 9.88 Å². The van der Waals surface area contributed by atoms with Crippen LogP contribution in [0.15, 0.2) is 42.7 Å². The molecule has 1 heterocycles. The summed E-state index contributed by atoms with van der Waals surface area (Å²) in [5.74, 6) is 1.21. The van der Waals surface area contributed by atoms with Crippen molar-refractivity contribution in [2.24, 2.45) is 0 Å². The molecule has 3 nitrogen and oxygen atoms in total. The molecule has 112 valence electrons. The summed E-state index contributed by atoms with van der Waals surface area (Å²) in [5, 5.41) is 3.56. The van der Waals surface area contributed by atoms with Crippen molar-refractivity contribution in [2.75, 3.05) is 7.05 Å². The first-order valence-electron chi connectivity index (χ1n) is 8.03. The van der Waals surface area contributed by atoms with Gasteiger partial charge in [0, 0.05) is 36.8 Å². The first kappa shape index (κ1) is 14.3. The van der Waals surface area contributed by atoms with Crippen LogP contribution in [0, 0.1) is 0 Å². The van der Waals surface area contributed by atoms with Gasteiger partial charge in [-0.25, -0.2) is 4.98 Å². The maximum atomic E-state index is 4.58. The van der Waals surface area contributed by atoms with Crippen LogP contribution in [0.2, 0.25) is 0 Å². The summed E-state index contributed by atoms with van der Waals surface area (Å²) < 4.78 is 2.30. The molecule has 3 heteroatoms. The molecule has 2 aromatic rings. The maximum absolute atomic E-state index is 4.58. The molecule has 1 N–H and O–H groups in total. The van der Waals surface area contributed by atoms with E-state index in [0.717, 1.165) is 19.4 Å². The van der Waals surface area contributed by atoms with E-state index in [9.17, 15) is 0 Å². The van der Waals surface area contributed by atoms with Crippen molar-refractivity contribution in [2.45, 2.75) is 50.6 Å². The second-order valence-electron chi connectivity index (χ2n) is 6.10. The van der Waals surface area contributed by atoms with Crippen molar-refractivity contribution in [3.8, 4) is 0 Å². The highest BCUT2D eigenvalue weighted by Gasteiger charge is 2.50. The molecule has 1 unspecified atom stereocenters. The zero-order valence-electron chi connectivity index (χ0n) is 13.0. The quantitative estimate of drug-likeness (QED) is 0.846. The number of rotatable bonds is 7. The van der Waals surface area contributed by atoms with Gasteiger partial charge in [0.1, 0.15) is 5.82 Å². The topological polar surface area (TPSA) is 29.9 Å². The Bertz CT molecular complexity index is 569. The molecule has 1 aromatic carbocycles. The van der Waals surface area contributed by atoms with Crippen molar-refractivity contribution in [1.82, 2.24) is 14.9 Å². The van der Waals surface area contributed by atoms with E-state index in [1.54, 1.807) is 0 Å². The number of likely N-dealkylation sites (N-methyl/N-ethyl adjacent to an activating group) is 1. The fraction of sp³-hybridized carbons (Fsp3) is 0.500. The van der Waals surface area contributed by atoms with Crippen LogP contribution in [-0.4, -0.2) is 22.6 Å². The molecule has 21 heavy (non-hydrogen) atoms. The van der Waals surface area contributed by atoms with Crippen molar-refractivity contribution in [3.63, 3.8) is 0 Å². The zero-order valence-corrected chi connectivity index (χ0v) is 13.0. The fourth-order valence-corrected chi connectivity index (χ4v) is 3.47. The SMILES string of the molecule is CCCn1ccnc1CC(NC)C1(c2ccccc2)CC1. The number of aryl methyl sites for hydroxylation is 1. The van der Waals surface area contributed by atoms with E-state index in [1.807, 2.05) is 6.20 Å². The number of nitrogens with one attached hydrogen (secondary N) is 1. The normalized spacial score (nSPS) is 17.6. The Labute approximate surface area is 127 Å². The first-order valence-corrected chi connectivity index (χ1v) is 8.03. The van der Waals surface area contributed by atoms with Crippen molar-refractivity contribution < 1.29 is 0 Å². The summed E-state index contributed by atoms with van der Waals surface area (Å²) in [6, 6.07) is 11.4. The lowest BCUT2D eigenvalue weighted by Gasteiger charge is -2.27. The maximum Gasteiger partial charge on any atom is 0.110 e. The van der Waals surface area contributed by atoms with Gasteiger partial charge in [-0.1, -0.05) is 37.3 Å². The van der Waals surface area contributed by atoms with E-state index in [0.29, 0.717) is 11.5 Å². The van der Waals surface area contributed by atoms with Crippen LogP contribution in [0.4, 0.5) is 0 Å². The van der Waals surface area contributed by atoms with Crippen LogP contribution in [0.3, 0.4) is 0 Å². The van der Waals surface area contributed by atoms with Crippen LogP contribution in [0.25, 0.3) is 0 Å². The molecule has 0 radical (unpaired) electrons. The van der Waals surface area contributed by atoms with Crippen molar-refractivity contribution >= 4 is 0 Å². The minimum atomic E-state index is 0.305. The third-order valence-electron chi connectivity index (χ3n) is 4.81. The lowest BCUT2D eigenvalue weighted by molar-refractivity contribution is 0.426. The van der Waals surface area contributed by atoms with Crippen LogP contribution < -0.4 is 5.32 Å². The Morgan fingerprint density at radius 1 is 1.29 bits per heavy atom. The Kier molecular flexibility index (Phi) is 4.11. The lowest BCUT2D eigenvalue weighted by atomic mass is 9.86. The highest BCUT2D eigenvalue weighted by Crippen LogP contribution is 2.51. The standard InChI is InChI=1S/C18H25N3/c1-3-12-21-13-11-20-17(21)14-16(19-2)18(9-10-18)15-7-5-4-6-8-15/h4-8,11,13,16,19H,3,9-10,12,14H2,1-2H3. The molecule has 1 atom stereocenters. The second kappa shape index (κ2) is 6.02. The number of benzene rings is 1. The van der Waals surface area contributed by atoms with Crippen molar-refractivity contribution in [1.29, 1.82) is 0 Å². The van der Waals surface area contributed by atoms with E-state index < -0.39 is 0 Å². The predicted molar refractivity (Wildman–Crippen MR) is 86.4 cm³/mol. The van der Waals surface area contributed by atoms with Gasteiger partial charge in [0.25, 0.3) is 0 Å². The van der Waals surface area contributed by atoms with E-state index >= 15 is 0 Å². The molecular formula is C18H25N3. The van der Waals surface area contributed by atoms with Crippen LogP contribution in [-0.2, 0) is 18.4 Å². The van der Waals surface area contributed by atoms with Crippen LogP contribution >= 0.6 is 0 Å². The molecule has 3 rings (SSSR count). The highest BCUT2D eigenvalue weighted by atomic mass is 15.1. The fourth-order valence-electron chi connectivity index (χ4n) is 3.47. The predicted octanol–water partition coefficient (Wildman–Crippen LogP) is 3.16. The molecule has 1 aliphatic carbocycles. The minimum absolute atomic E-state index is 0.305. The number of hydrogen-bond donors (Lipinski definition) is 1. The number of aromatic nitrogens is 2. The average molecular weight is 283 g/mol. The monoisotopic (exact) mass is 283 g/mol. The smallest absolute Gasteiger partial charge is 0.110 e. The van der Waals surface area contributed by atoms with E-state index in [-0.39, 0.29) is 0 Å². The second-order valence-corrected chi connectivity index (χ2v) is 6.10. The Hall–Kier alpha value is -1.61. The van der Waals surface area contributed by atoms with Gasteiger partial charge in [-0.2, -0.15) is 0 Å². The van der Waals surface area contributed by atoms with Crippen molar-refractivity contribution in [3.05, 3.63) is 54.1 Å². The number of hydrogen-bond acceptors (Lipinski definition) is 2. The summed E-state index contributed by atoms with van der Waals surface area (Å²) in [4.78, 5) is 4.58. The molecule has 1 aliphatic rings. The van der Waals surface area contributed by atoms with Crippen LogP contribution in [0.5, 0.6) is 0 Å². The summed E-state index contributed by atoms with van der Waals surface area (Å²) in [6.07, 6.45) is 8.73. The first-order chi connectivity index (χ1) is 10.3. The third-order valence-corrected chi connectivity index (χ3v) is 4.81. The van der Waals surface area contributed by atoms with Gasteiger partial charge in [-0.3, -0.25) is 0 Å². The van der Waals surface area contributed by atoms with Crippen LogP contribution in [0.1, 0.15) is 37.6 Å². The van der Waals surface area contributed by atoms with Gasteiger partial charge in [0.05, 0.1) is 0 Å². The largest absolute Gasteiger partial charge is 0.335 e. The van der Waals surface area contributed by atoms with Gasteiger partial charge in [0.2, 0.25) is 0 Å². The van der Waals surface area contributed by atoms with E-state index in [4.69, 9.17) is 0 Å². The molecule has 0 aliphatic heterocycles. The molecular weight excluding hydrogens is 258 g/mol. The lowest BCUT2D eigenvalue weighted by Crippen LogP contribution is -2.40. The molecule has 1 aromatic heterocycles. The molecule has 0 amide bonds. The zero-order chi connectivity index (χ0) is 14.7. The molecule has 0 bridgehead atoms. The summed E-state index contributed by atoms with van der Waals surface area (Å²) in [5.41, 5.74) is 1.77. The molecule has 0 spiro atoms. The number of imidazole rings is 1. The van der Waals surface area contributed by atoms with Gasteiger partial charge in [0.15, 0.2) is 0 Å². The average Bonchev–Trinajstić information content (AvgIpc) is 3.22. The summed E-state index contributed by atoms with van der Waals surface area (Å²) >= 11 is 0. The summed E-state index contributed by atoms with van der Waals surface area (Å²) in [6.45, 7) is 3.27. The number of nitrogens with zero attached hydrogens (tertiary/aromatic N) is 2. The molecule has 1 fully saturated rings. The van der Waals surface area contributed by atoms with E-state index in [2.05, 4.69) is 65.4 Å². The van der Waals surface area contributed by atoms with Gasteiger partial charge in [-0.05, 0) is 31.9 Å². The molecule has 0 saturated heterocycles. The Balaban J connectivity index is 1.81. The van der Waals surface area contributed by atoms with Gasteiger partial charge in [-0.15, -0.1) is 0 Å². The summed E-state index contributed by atoms with van der Waals surface area (Å²) in [7, 11) is 2.08. The Morgan fingerprint density at radius 2 is 2.05 bits per heavy atom.